The Morgan fingerprint density at radius 2 is 1.59 bits per heavy atom. The van der Waals surface area contributed by atoms with Crippen molar-refractivity contribution in [3.05, 3.63) is 97.9 Å². The molecule has 0 bridgehead atoms. The second-order valence-corrected chi connectivity index (χ2v) is 14.2. The van der Waals surface area contributed by atoms with Crippen LogP contribution in [-0.4, -0.2) is 3.21 Å². The fourth-order valence-corrected chi connectivity index (χ4v) is 12.7. The zero-order chi connectivity index (χ0) is 17.4. The molecule has 0 saturated heterocycles. The van der Waals surface area contributed by atoms with Crippen LogP contribution >= 0.6 is 0 Å². The van der Waals surface area contributed by atoms with Gasteiger partial charge >= 0.3 is 159 Å². The van der Waals surface area contributed by atoms with E-state index in [1.807, 2.05) is 0 Å². The summed E-state index contributed by atoms with van der Waals surface area (Å²) in [6.07, 6.45) is 8.56. The van der Waals surface area contributed by atoms with Crippen LogP contribution in [0, 0.1) is 0 Å². The van der Waals surface area contributed by atoms with Gasteiger partial charge in [0.25, 0.3) is 0 Å². The molecule has 0 radical (unpaired) electrons. The van der Waals surface area contributed by atoms with Crippen molar-refractivity contribution >= 4 is 9.28 Å². The molecule has 138 valence electrons. The average molecular weight is 475 g/mol. The van der Waals surface area contributed by atoms with E-state index in [9.17, 15) is 0 Å². The second-order valence-electron chi connectivity index (χ2n) is 7.18. The monoisotopic (exact) mass is 472 g/mol. The van der Waals surface area contributed by atoms with Crippen LogP contribution in [0.15, 0.2) is 81.2 Å². The van der Waals surface area contributed by atoms with Crippen molar-refractivity contribution in [2.45, 2.75) is 30.8 Å². The van der Waals surface area contributed by atoms with Gasteiger partial charge in [0.2, 0.25) is 0 Å². The summed E-state index contributed by atoms with van der Waals surface area (Å²) < 4.78 is 4.05. The molecule has 0 N–H and O–H groups in total. The van der Waals surface area contributed by atoms with Gasteiger partial charge in [-0.15, -0.1) is 0 Å². The Kier molecular flexibility index (Phi) is 7.81. The minimum absolute atomic E-state index is 0. The third kappa shape index (κ3) is 4.37. The number of allylic oxidation sites excluding steroid dienone is 5. The first-order valence-electron chi connectivity index (χ1n) is 9.06. The molecule has 0 aliphatic heterocycles. The largest absolute Gasteiger partial charge is 1.00 e. The molecule has 0 heterocycles. The Bertz CT molecular complexity index is 949. The number of fused-ring (bicyclic) bond motifs is 1. The smallest absolute Gasteiger partial charge is 1.00 e. The first kappa shape index (κ1) is 22.3. The first-order chi connectivity index (χ1) is 12.1. The van der Waals surface area contributed by atoms with E-state index < -0.39 is 21.3 Å². The Morgan fingerprint density at radius 3 is 2.26 bits per heavy atom. The molecule has 0 amide bonds. The SMILES string of the molecule is CC1=C(C)C[C](/[Zr+2](=[C](/C)c2ccccc2)[CH]2C=Cc3ccccc32)=C1.[Cl-].[Cl-]. The molecule has 27 heavy (non-hydrogen) atoms. The summed E-state index contributed by atoms with van der Waals surface area (Å²) in [5.41, 5.74) is 7.47. The third-order valence-corrected chi connectivity index (χ3v) is 13.5. The summed E-state index contributed by atoms with van der Waals surface area (Å²) >= 11 is -2.05. The molecule has 2 aromatic carbocycles. The van der Waals surface area contributed by atoms with E-state index in [1.165, 1.54) is 23.1 Å². The van der Waals surface area contributed by atoms with E-state index in [4.69, 9.17) is 0 Å². The number of rotatable bonds is 3. The summed E-state index contributed by atoms with van der Waals surface area (Å²) in [5.74, 6) is 0. The maximum atomic E-state index is 2.52. The fraction of sp³-hybridized carbons (Fsp3) is 0.208. The number of hydrogen-bond donors (Lipinski definition) is 0. The van der Waals surface area contributed by atoms with E-state index in [0.717, 1.165) is 0 Å². The van der Waals surface area contributed by atoms with Crippen molar-refractivity contribution in [2.24, 2.45) is 0 Å². The van der Waals surface area contributed by atoms with Crippen molar-refractivity contribution in [1.82, 2.24) is 0 Å². The van der Waals surface area contributed by atoms with E-state index in [0.29, 0.717) is 3.63 Å². The Labute approximate surface area is 183 Å². The van der Waals surface area contributed by atoms with E-state index in [1.54, 1.807) is 17.6 Å². The molecule has 0 aromatic heterocycles. The van der Waals surface area contributed by atoms with E-state index in [-0.39, 0.29) is 24.8 Å². The standard InChI is InChI=1S/C9H7.C8H8.C7H9.2ClH.Zr/c1-2-5-9-7-3-6-8(9)4-1;1-2-8-6-4-3-5-7-8;1-6-4-3-5-7(6)2;;;/h1-7H;3-7H,1H3;4H,5H2,1-2H3;2*1H;/q;;;;;+2/p-2. The maximum absolute atomic E-state index is 2.52. The van der Waals surface area contributed by atoms with Crippen molar-refractivity contribution in [1.29, 1.82) is 0 Å². The molecule has 2 aromatic rings. The van der Waals surface area contributed by atoms with Gasteiger partial charge in [-0.3, -0.25) is 0 Å². The summed E-state index contributed by atoms with van der Waals surface area (Å²) in [4.78, 5) is 0. The van der Waals surface area contributed by atoms with Gasteiger partial charge in [-0.05, 0) is 0 Å². The van der Waals surface area contributed by atoms with Gasteiger partial charge < -0.3 is 24.8 Å². The molecule has 0 saturated carbocycles. The van der Waals surface area contributed by atoms with Crippen molar-refractivity contribution in [3.8, 4) is 0 Å². The van der Waals surface area contributed by atoms with Crippen LogP contribution in [0.4, 0.5) is 0 Å². The molecular formula is C24H24Cl2Zr. The maximum Gasteiger partial charge on any atom is -1.00 e. The van der Waals surface area contributed by atoms with Gasteiger partial charge in [0.05, 0.1) is 0 Å². The Hall–Kier alpha value is -1.01. The summed E-state index contributed by atoms with van der Waals surface area (Å²) in [6, 6.07) is 20.0. The molecule has 0 fully saturated rings. The fourth-order valence-electron chi connectivity index (χ4n) is 4.05. The van der Waals surface area contributed by atoms with Crippen LogP contribution in [0.2, 0.25) is 0 Å². The molecule has 0 spiro atoms. The van der Waals surface area contributed by atoms with Crippen LogP contribution in [0.3, 0.4) is 0 Å². The van der Waals surface area contributed by atoms with Crippen LogP contribution in [0.1, 0.15) is 47.5 Å². The zero-order valence-corrected chi connectivity index (χ0v) is 19.9. The molecular weight excluding hydrogens is 450 g/mol. The molecule has 2 aliphatic rings. The van der Waals surface area contributed by atoms with Crippen molar-refractivity contribution in [2.75, 3.05) is 0 Å². The van der Waals surface area contributed by atoms with Crippen LogP contribution < -0.4 is 24.8 Å². The number of benzene rings is 2. The van der Waals surface area contributed by atoms with E-state index in [2.05, 4.69) is 93.6 Å². The second kappa shape index (κ2) is 9.46. The minimum Gasteiger partial charge on any atom is -1.00 e. The number of hydrogen-bond acceptors (Lipinski definition) is 0. The molecule has 0 nitrogen and oxygen atoms in total. The van der Waals surface area contributed by atoms with Gasteiger partial charge in [-0.1, -0.05) is 0 Å². The molecule has 1 unspecified atom stereocenters. The van der Waals surface area contributed by atoms with Crippen molar-refractivity contribution < 1.29 is 46.1 Å². The summed E-state index contributed by atoms with van der Waals surface area (Å²) in [7, 11) is 0. The van der Waals surface area contributed by atoms with Crippen LogP contribution in [0.25, 0.3) is 6.08 Å². The predicted molar refractivity (Wildman–Crippen MR) is 106 cm³/mol. The van der Waals surface area contributed by atoms with Gasteiger partial charge in [0.15, 0.2) is 0 Å². The van der Waals surface area contributed by atoms with Gasteiger partial charge in [-0.2, -0.15) is 0 Å². The predicted octanol–water partition coefficient (Wildman–Crippen LogP) is 0.245. The zero-order valence-electron chi connectivity index (χ0n) is 16.0. The first-order valence-corrected chi connectivity index (χ1v) is 12.9. The van der Waals surface area contributed by atoms with Crippen LogP contribution in [0.5, 0.6) is 0 Å². The van der Waals surface area contributed by atoms with Crippen molar-refractivity contribution in [3.63, 3.8) is 0 Å². The average Bonchev–Trinajstić information content (AvgIpc) is 3.20. The molecule has 4 rings (SSSR count). The Balaban J connectivity index is 0.00000131. The van der Waals surface area contributed by atoms with Crippen LogP contribution in [-0.2, 0) is 21.3 Å². The normalized spacial score (nSPS) is 17.7. The molecule has 1 atom stereocenters. The van der Waals surface area contributed by atoms with Gasteiger partial charge in [0, 0.05) is 0 Å². The molecule has 2 aliphatic carbocycles. The summed E-state index contributed by atoms with van der Waals surface area (Å²) in [5, 5.41) is 0. The number of halogens is 2. The van der Waals surface area contributed by atoms with Gasteiger partial charge in [0.1, 0.15) is 0 Å². The topological polar surface area (TPSA) is 0 Å². The Morgan fingerprint density at radius 1 is 0.926 bits per heavy atom. The quantitative estimate of drug-likeness (QED) is 0.598. The minimum atomic E-state index is -2.05. The summed E-state index contributed by atoms with van der Waals surface area (Å²) in [6.45, 7) is 6.98. The molecule has 3 heteroatoms. The van der Waals surface area contributed by atoms with E-state index >= 15 is 0 Å². The van der Waals surface area contributed by atoms with Gasteiger partial charge in [-0.25, -0.2) is 0 Å². The third-order valence-electron chi connectivity index (χ3n) is 5.59.